The minimum atomic E-state index is -0.308. The normalized spacial score (nSPS) is 12.8. The summed E-state index contributed by atoms with van der Waals surface area (Å²) in [5.74, 6) is 0. The van der Waals surface area contributed by atoms with Crippen LogP contribution >= 0.6 is 0 Å². The number of hydrogen-bond acceptors (Lipinski definition) is 2. The van der Waals surface area contributed by atoms with E-state index in [9.17, 15) is 0 Å². The van der Waals surface area contributed by atoms with Gasteiger partial charge in [0.25, 0.3) is 0 Å². The fourth-order valence-corrected chi connectivity index (χ4v) is 9.87. The van der Waals surface area contributed by atoms with Crippen LogP contribution in [0.5, 0.6) is 0 Å². The van der Waals surface area contributed by atoms with Crippen molar-refractivity contribution in [1.29, 1.82) is 0 Å². The molecule has 0 unspecified atom stereocenters. The maximum atomic E-state index is 2.49. The number of allylic oxidation sites excluding steroid dienone is 2. The maximum absolute atomic E-state index is 2.49. The van der Waals surface area contributed by atoms with Gasteiger partial charge in [-0.15, -0.1) is 0 Å². The SMILES string of the molecule is C/C=C\c1cc(N(c2ccc(-c3ccccc3)cc2)c2ccc3c(c2)C(C)(C)c2cc(N(c4ccc(-c5ccccc5)cc4)c4ccc(C)c(/C=C\C)c4)c4ccccc4c2-3)ccc1C. The molecule has 2 heteroatoms. The van der Waals surface area contributed by atoms with Crippen molar-refractivity contribution in [1.82, 2.24) is 0 Å². The van der Waals surface area contributed by atoms with Crippen LogP contribution in [-0.2, 0) is 5.41 Å². The van der Waals surface area contributed by atoms with Crippen molar-refractivity contribution in [2.75, 3.05) is 9.80 Å². The van der Waals surface area contributed by atoms with Crippen molar-refractivity contribution in [2.24, 2.45) is 0 Å². The number of rotatable bonds is 10. The highest BCUT2D eigenvalue weighted by atomic mass is 15.1. The second kappa shape index (κ2) is 17.1. The fourth-order valence-electron chi connectivity index (χ4n) is 9.87. The largest absolute Gasteiger partial charge is 0.310 e. The van der Waals surface area contributed by atoms with Gasteiger partial charge in [0.15, 0.2) is 0 Å². The third kappa shape index (κ3) is 7.55. The molecule has 9 aromatic carbocycles. The van der Waals surface area contributed by atoms with Crippen molar-refractivity contribution < 1.29 is 0 Å². The van der Waals surface area contributed by atoms with Crippen molar-refractivity contribution in [3.05, 3.63) is 240 Å². The number of fused-ring (bicyclic) bond motifs is 5. The van der Waals surface area contributed by atoms with E-state index < -0.39 is 0 Å². The van der Waals surface area contributed by atoms with Crippen LogP contribution in [0.15, 0.2) is 206 Å². The standard InChI is InChI=1S/C63H54N2/c1-7-17-49-39-53(31-25-43(49)3)64(51-33-27-47(28-34-51)45-19-11-9-12-20-45)55-37-38-58-59(41-55)63(5,6)60-42-61(56-23-15-16-24-57(56)62(58)60)65(54-32-26-44(4)50(40-54)18-8-2)52-35-29-48(30-36-52)46-21-13-10-14-22-46/h7-42H,1-6H3/b17-7-,18-8-. The molecule has 0 atom stereocenters. The number of nitrogens with zero attached hydrogens (tertiary/aromatic N) is 2. The molecule has 0 N–H and O–H groups in total. The summed E-state index contributed by atoms with van der Waals surface area (Å²) in [4.78, 5) is 4.89. The number of aryl methyl sites for hydroxylation is 2. The van der Waals surface area contributed by atoms with Gasteiger partial charge in [-0.05, 0) is 167 Å². The predicted molar refractivity (Wildman–Crippen MR) is 281 cm³/mol. The van der Waals surface area contributed by atoms with Crippen LogP contribution in [0.25, 0.3) is 56.3 Å². The third-order valence-corrected chi connectivity index (χ3v) is 13.3. The van der Waals surface area contributed by atoms with E-state index in [4.69, 9.17) is 0 Å². The minimum absolute atomic E-state index is 0.308. The molecule has 0 saturated carbocycles. The lowest BCUT2D eigenvalue weighted by Gasteiger charge is -2.30. The van der Waals surface area contributed by atoms with Crippen LogP contribution in [0.3, 0.4) is 0 Å². The van der Waals surface area contributed by atoms with Crippen LogP contribution in [0, 0.1) is 13.8 Å². The second-order valence-electron chi connectivity index (χ2n) is 17.8. The zero-order chi connectivity index (χ0) is 44.7. The molecule has 1 aliphatic carbocycles. The lowest BCUT2D eigenvalue weighted by atomic mass is 9.81. The first kappa shape index (κ1) is 41.3. The van der Waals surface area contributed by atoms with E-state index >= 15 is 0 Å². The van der Waals surface area contributed by atoms with Gasteiger partial charge in [-0.2, -0.15) is 0 Å². The van der Waals surface area contributed by atoms with Crippen LogP contribution in [-0.4, -0.2) is 0 Å². The van der Waals surface area contributed by atoms with E-state index in [-0.39, 0.29) is 5.41 Å². The average molecular weight is 839 g/mol. The molecule has 2 nitrogen and oxygen atoms in total. The molecule has 316 valence electrons. The molecule has 0 aliphatic heterocycles. The maximum Gasteiger partial charge on any atom is 0.0543 e. The molecule has 0 fully saturated rings. The van der Waals surface area contributed by atoms with Gasteiger partial charge in [0.05, 0.1) is 5.69 Å². The monoisotopic (exact) mass is 838 g/mol. The molecular weight excluding hydrogens is 785 g/mol. The Balaban J connectivity index is 1.14. The van der Waals surface area contributed by atoms with Gasteiger partial charge in [0, 0.05) is 39.2 Å². The van der Waals surface area contributed by atoms with E-state index in [0.717, 1.165) is 28.4 Å². The molecule has 10 rings (SSSR count). The Labute approximate surface area is 385 Å². The molecule has 65 heavy (non-hydrogen) atoms. The zero-order valence-electron chi connectivity index (χ0n) is 38.2. The van der Waals surface area contributed by atoms with Crippen LogP contribution < -0.4 is 9.80 Å². The molecule has 0 bridgehead atoms. The molecule has 9 aromatic rings. The van der Waals surface area contributed by atoms with Crippen molar-refractivity contribution in [3.8, 4) is 33.4 Å². The minimum Gasteiger partial charge on any atom is -0.310 e. The fraction of sp³-hybridized carbons (Fsp3) is 0.111. The number of hydrogen-bond donors (Lipinski definition) is 0. The molecule has 0 saturated heterocycles. The quantitative estimate of drug-likeness (QED) is 0.135. The summed E-state index contributed by atoms with van der Waals surface area (Å²) < 4.78 is 0. The average Bonchev–Trinajstić information content (AvgIpc) is 3.57. The van der Waals surface area contributed by atoms with Gasteiger partial charge in [-0.25, -0.2) is 0 Å². The van der Waals surface area contributed by atoms with E-state index in [2.05, 4.69) is 270 Å². The van der Waals surface area contributed by atoms with E-state index in [0.29, 0.717) is 0 Å². The van der Waals surface area contributed by atoms with E-state index in [1.807, 2.05) is 0 Å². The number of anilines is 6. The van der Waals surface area contributed by atoms with Gasteiger partial charge in [0.2, 0.25) is 0 Å². The number of benzene rings is 9. The Kier molecular flexibility index (Phi) is 10.9. The van der Waals surface area contributed by atoms with Crippen molar-refractivity contribution in [2.45, 2.75) is 47.0 Å². The second-order valence-corrected chi connectivity index (χ2v) is 17.8. The van der Waals surface area contributed by atoms with Gasteiger partial charge in [0.1, 0.15) is 0 Å². The van der Waals surface area contributed by atoms with E-state index in [1.165, 1.54) is 83.2 Å². The van der Waals surface area contributed by atoms with Crippen LogP contribution in [0.4, 0.5) is 34.1 Å². The lowest BCUT2D eigenvalue weighted by molar-refractivity contribution is 0.661. The van der Waals surface area contributed by atoms with Gasteiger partial charge in [-0.1, -0.05) is 166 Å². The molecule has 0 spiro atoms. The molecule has 0 amide bonds. The summed E-state index contributed by atoms with van der Waals surface area (Å²) in [6.07, 6.45) is 8.68. The van der Waals surface area contributed by atoms with Gasteiger partial charge >= 0.3 is 0 Å². The lowest BCUT2D eigenvalue weighted by Crippen LogP contribution is -2.18. The topological polar surface area (TPSA) is 6.48 Å². The Morgan fingerprint density at radius 2 is 0.815 bits per heavy atom. The molecule has 0 aromatic heterocycles. The first-order valence-corrected chi connectivity index (χ1v) is 22.8. The van der Waals surface area contributed by atoms with Crippen molar-refractivity contribution >= 4 is 57.0 Å². The highest BCUT2D eigenvalue weighted by Gasteiger charge is 2.38. The summed E-state index contributed by atoms with van der Waals surface area (Å²) in [5.41, 5.74) is 21.5. The Bertz CT molecular complexity index is 3250. The smallest absolute Gasteiger partial charge is 0.0543 e. The summed E-state index contributed by atoms with van der Waals surface area (Å²) in [6, 6.07) is 71.7. The molecule has 0 radical (unpaired) electrons. The third-order valence-electron chi connectivity index (χ3n) is 13.3. The van der Waals surface area contributed by atoms with Gasteiger partial charge < -0.3 is 9.80 Å². The summed E-state index contributed by atoms with van der Waals surface area (Å²) in [5, 5.41) is 2.48. The Morgan fingerprint density at radius 3 is 1.35 bits per heavy atom. The molecule has 1 aliphatic rings. The highest BCUT2D eigenvalue weighted by Crippen LogP contribution is 2.56. The Hall–Kier alpha value is -7.68. The summed E-state index contributed by atoms with van der Waals surface area (Å²) in [7, 11) is 0. The van der Waals surface area contributed by atoms with Gasteiger partial charge in [-0.3, -0.25) is 0 Å². The van der Waals surface area contributed by atoms with Crippen LogP contribution in [0.1, 0.15) is 61.1 Å². The zero-order valence-corrected chi connectivity index (χ0v) is 38.2. The van der Waals surface area contributed by atoms with E-state index in [1.54, 1.807) is 0 Å². The molecular formula is C63H54N2. The highest BCUT2D eigenvalue weighted by molar-refractivity contribution is 6.10. The first-order chi connectivity index (χ1) is 31.7. The first-order valence-electron chi connectivity index (χ1n) is 22.8. The van der Waals surface area contributed by atoms with Crippen LogP contribution in [0.2, 0.25) is 0 Å². The Morgan fingerprint density at radius 1 is 0.385 bits per heavy atom. The van der Waals surface area contributed by atoms with Crippen molar-refractivity contribution in [3.63, 3.8) is 0 Å². The molecule has 0 heterocycles. The predicted octanol–water partition coefficient (Wildman–Crippen LogP) is 18.1. The summed E-state index contributed by atoms with van der Waals surface area (Å²) >= 11 is 0. The summed E-state index contributed by atoms with van der Waals surface area (Å²) in [6.45, 7) is 13.4.